The van der Waals surface area contributed by atoms with Gasteiger partial charge in [0, 0.05) is 0 Å². The van der Waals surface area contributed by atoms with Crippen LogP contribution in [0.3, 0.4) is 0 Å². The normalized spacial score (nSPS) is 10.6. The first-order chi connectivity index (χ1) is 7.99. The molecule has 0 atom stereocenters. The fourth-order valence-electron chi connectivity index (χ4n) is 1.61. The first-order valence-corrected chi connectivity index (χ1v) is 4.73. The van der Waals surface area contributed by atoms with Crippen molar-refractivity contribution >= 4 is 22.9 Å². The number of aromatic amines is 1. The van der Waals surface area contributed by atoms with E-state index in [1.165, 1.54) is 18.2 Å². The zero-order valence-electron chi connectivity index (χ0n) is 8.64. The third-order valence-corrected chi connectivity index (χ3v) is 2.34. The molecule has 0 radical (unpaired) electrons. The molecule has 4 N–H and O–H groups in total. The lowest BCUT2D eigenvalue weighted by Gasteiger charge is -1.99. The fraction of sp³-hybridized carbons (Fsp3) is 0.100. The Bertz CT molecular complexity index is 668. The van der Waals surface area contributed by atoms with Gasteiger partial charge in [0.2, 0.25) is 5.91 Å². The third-order valence-electron chi connectivity index (χ3n) is 2.34. The van der Waals surface area contributed by atoms with Crippen LogP contribution in [0.15, 0.2) is 23.0 Å². The molecule has 0 fully saturated rings. The summed E-state index contributed by atoms with van der Waals surface area (Å²) in [6.07, 6.45) is 0. The third kappa shape index (κ3) is 1.89. The predicted molar refractivity (Wildman–Crippen MR) is 58.7 cm³/mol. The number of carbonyl (C=O) groups is 2. The van der Waals surface area contributed by atoms with E-state index in [1.807, 2.05) is 0 Å². The van der Waals surface area contributed by atoms with Crippen LogP contribution in [0.4, 0.5) is 0 Å². The van der Waals surface area contributed by atoms with E-state index in [0.29, 0.717) is 11.0 Å². The Balaban J connectivity index is 2.64. The molecule has 0 unspecified atom stereocenters. The van der Waals surface area contributed by atoms with Crippen LogP contribution in [0.25, 0.3) is 11.0 Å². The average molecular weight is 235 g/mol. The summed E-state index contributed by atoms with van der Waals surface area (Å²) >= 11 is 0. The molecule has 0 aliphatic carbocycles. The van der Waals surface area contributed by atoms with Crippen molar-refractivity contribution in [1.29, 1.82) is 0 Å². The van der Waals surface area contributed by atoms with Crippen LogP contribution in [0.5, 0.6) is 0 Å². The van der Waals surface area contributed by atoms with Gasteiger partial charge >= 0.3 is 11.7 Å². The van der Waals surface area contributed by atoms with Crippen LogP contribution in [0.1, 0.15) is 10.4 Å². The molecule has 17 heavy (non-hydrogen) atoms. The predicted octanol–water partition coefficient (Wildman–Crippen LogP) is -0.487. The van der Waals surface area contributed by atoms with Gasteiger partial charge < -0.3 is 15.8 Å². The molecule has 0 bridgehead atoms. The molecular formula is C10H9N3O4. The monoisotopic (exact) mass is 235 g/mol. The smallest absolute Gasteiger partial charge is 0.335 e. The maximum Gasteiger partial charge on any atom is 0.335 e. The molecule has 0 aliphatic heterocycles. The molecule has 0 saturated carbocycles. The molecule has 0 aliphatic rings. The van der Waals surface area contributed by atoms with Gasteiger partial charge in [0.1, 0.15) is 6.54 Å². The highest BCUT2D eigenvalue weighted by Gasteiger charge is 2.11. The number of nitrogens with one attached hydrogen (secondary N) is 1. The molecule has 7 heteroatoms. The quantitative estimate of drug-likeness (QED) is 0.665. The van der Waals surface area contributed by atoms with Crippen molar-refractivity contribution in [3.8, 4) is 0 Å². The van der Waals surface area contributed by atoms with Gasteiger partial charge in [-0.25, -0.2) is 9.59 Å². The number of hydrogen-bond acceptors (Lipinski definition) is 3. The van der Waals surface area contributed by atoms with Crippen LogP contribution < -0.4 is 11.4 Å². The van der Waals surface area contributed by atoms with E-state index in [9.17, 15) is 14.4 Å². The second kappa shape index (κ2) is 3.78. The Morgan fingerprint density at radius 1 is 1.41 bits per heavy atom. The summed E-state index contributed by atoms with van der Waals surface area (Å²) in [5.74, 6) is -1.73. The number of carbonyl (C=O) groups excluding carboxylic acids is 1. The van der Waals surface area contributed by atoms with Gasteiger partial charge in [-0.3, -0.25) is 9.36 Å². The van der Waals surface area contributed by atoms with Gasteiger partial charge in [-0.05, 0) is 18.2 Å². The van der Waals surface area contributed by atoms with Gasteiger partial charge in [0.25, 0.3) is 0 Å². The number of benzene rings is 1. The van der Waals surface area contributed by atoms with Crippen LogP contribution in [0, 0.1) is 0 Å². The van der Waals surface area contributed by atoms with Gasteiger partial charge in [-0.2, -0.15) is 0 Å². The first-order valence-electron chi connectivity index (χ1n) is 4.73. The van der Waals surface area contributed by atoms with Crippen molar-refractivity contribution in [2.24, 2.45) is 5.73 Å². The number of nitrogens with zero attached hydrogens (tertiary/aromatic N) is 1. The van der Waals surface area contributed by atoms with Crippen LogP contribution in [0.2, 0.25) is 0 Å². The second-order valence-electron chi connectivity index (χ2n) is 3.52. The molecule has 0 saturated heterocycles. The highest BCUT2D eigenvalue weighted by atomic mass is 16.4. The number of primary amides is 1. The maximum absolute atomic E-state index is 11.5. The summed E-state index contributed by atoms with van der Waals surface area (Å²) in [6, 6.07) is 4.14. The molecule has 1 aromatic carbocycles. The number of H-pyrrole nitrogens is 1. The largest absolute Gasteiger partial charge is 0.478 e. The summed E-state index contributed by atoms with van der Waals surface area (Å²) in [5.41, 5.74) is 5.38. The fourth-order valence-corrected chi connectivity index (χ4v) is 1.61. The molecule has 2 aromatic rings. The molecule has 2 rings (SSSR count). The van der Waals surface area contributed by atoms with E-state index in [2.05, 4.69) is 4.98 Å². The summed E-state index contributed by atoms with van der Waals surface area (Å²) in [4.78, 5) is 35.5. The number of aromatic nitrogens is 2. The van der Waals surface area contributed by atoms with Gasteiger partial charge in [0.05, 0.1) is 16.6 Å². The number of amides is 1. The zero-order valence-corrected chi connectivity index (χ0v) is 8.64. The number of fused-ring (bicyclic) bond motifs is 1. The molecule has 0 spiro atoms. The van der Waals surface area contributed by atoms with E-state index in [1.54, 1.807) is 0 Å². The second-order valence-corrected chi connectivity index (χ2v) is 3.52. The SMILES string of the molecule is NC(=O)Cn1c(=O)[nH]c2cc(C(=O)O)ccc21. The Kier molecular flexibility index (Phi) is 2.43. The van der Waals surface area contributed by atoms with Crippen molar-refractivity contribution in [3.05, 3.63) is 34.2 Å². The Hall–Kier alpha value is -2.57. The topological polar surface area (TPSA) is 118 Å². The molecule has 88 valence electrons. The number of carboxylic acid groups (broad SMARTS) is 1. The minimum atomic E-state index is -1.09. The first kappa shape index (κ1) is 10.9. The Labute approximate surface area is 94.5 Å². The Morgan fingerprint density at radius 2 is 2.12 bits per heavy atom. The van der Waals surface area contributed by atoms with Crippen LogP contribution in [-0.2, 0) is 11.3 Å². The van der Waals surface area contributed by atoms with E-state index >= 15 is 0 Å². The van der Waals surface area contributed by atoms with Gasteiger partial charge in [-0.15, -0.1) is 0 Å². The van der Waals surface area contributed by atoms with Crippen LogP contribution in [-0.4, -0.2) is 26.5 Å². The molecule has 1 heterocycles. The highest BCUT2D eigenvalue weighted by molar-refractivity contribution is 5.92. The van der Waals surface area contributed by atoms with Crippen molar-refractivity contribution in [2.45, 2.75) is 6.54 Å². The lowest BCUT2D eigenvalue weighted by Crippen LogP contribution is -2.26. The van der Waals surface area contributed by atoms with Crippen molar-refractivity contribution in [3.63, 3.8) is 0 Å². The molecule has 7 nitrogen and oxygen atoms in total. The zero-order chi connectivity index (χ0) is 12.6. The van der Waals surface area contributed by atoms with Crippen LogP contribution >= 0.6 is 0 Å². The molecule has 1 amide bonds. The summed E-state index contributed by atoms with van der Waals surface area (Å²) < 4.78 is 1.16. The highest BCUT2D eigenvalue weighted by Crippen LogP contribution is 2.12. The van der Waals surface area contributed by atoms with Gasteiger partial charge in [0.15, 0.2) is 0 Å². The number of imidazole rings is 1. The van der Waals surface area contributed by atoms with E-state index < -0.39 is 17.6 Å². The summed E-state index contributed by atoms with van der Waals surface area (Å²) in [6.45, 7) is -0.245. The summed E-state index contributed by atoms with van der Waals surface area (Å²) in [5, 5.41) is 8.79. The minimum Gasteiger partial charge on any atom is -0.478 e. The number of rotatable bonds is 3. The lowest BCUT2D eigenvalue weighted by atomic mass is 10.2. The van der Waals surface area contributed by atoms with E-state index in [4.69, 9.17) is 10.8 Å². The lowest BCUT2D eigenvalue weighted by molar-refractivity contribution is -0.118. The molecule has 1 aromatic heterocycles. The van der Waals surface area contributed by atoms with E-state index in [-0.39, 0.29) is 12.1 Å². The van der Waals surface area contributed by atoms with Crippen molar-refractivity contribution < 1.29 is 14.7 Å². The maximum atomic E-state index is 11.5. The average Bonchev–Trinajstić information content (AvgIpc) is 2.54. The Morgan fingerprint density at radius 3 is 2.71 bits per heavy atom. The number of nitrogens with two attached hydrogens (primary N) is 1. The standard InChI is InChI=1S/C10H9N3O4/c11-8(14)4-13-7-2-1-5(9(15)16)3-6(7)12-10(13)17/h1-3H,4H2,(H2,11,14)(H,12,17)(H,15,16). The number of aromatic carboxylic acids is 1. The van der Waals surface area contributed by atoms with E-state index in [0.717, 1.165) is 4.57 Å². The number of carboxylic acids is 1. The van der Waals surface area contributed by atoms with Crippen molar-refractivity contribution in [2.75, 3.05) is 0 Å². The van der Waals surface area contributed by atoms with Gasteiger partial charge in [-0.1, -0.05) is 0 Å². The van der Waals surface area contributed by atoms with Crippen molar-refractivity contribution in [1.82, 2.24) is 9.55 Å². The summed E-state index contributed by atoms with van der Waals surface area (Å²) in [7, 11) is 0. The minimum absolute atomic E-state index is 0.0602. The molecular weight excluding hydrogens is 226 g/mol. The number of hydrogen-bond donors (Lipinski definition) is 3.